The molecule has 0 spiro atoms. The molecule has 0 unspecified atom stereocenters. The number of hydrogen-bond donors (Lipinski definition) is 1. The number of ether oxygens (including phenoxy) is 1. The molecule has 1 N–H and O–H groups in total. The van der Waals surface area contributed by atoms with Crippen LogP contribution < -0.4 is 4.74 Å². The Bertz CT molecular complexity index is 1630. The van der Waals surface area contributed by atoms with Crippen molar-refractivity contribution in [2.45, 2.75) is 57.0 Å². The standard InChI is InChI=1S/C28H29F3N6O3S/c1-15-11-16-12-21(40-4)18(24-32-34-35(3)33-24)13-17(16)23-19(22-7-5-10-41-22)14-20(37(15)23)25(38)36-9-6-8-27(36,2)26(39)28(29,30)31/h5,7,10,12-15,26,39H,6,8-9,11H2,1-4H3/t15-,26+,27-/m1/s1. The molecule has 2 aliphatic rings. The first kappa shape index (κ1) is 27.5. The normalized spacial score (nSPS) is 21.1. The molecule has 5 heterocycles. The third-order valence-electron chi connectivity index (χ3n) is 8.25. The Morgan fingerprint density at radius 1 is 1.24 bits per heavy atom. The van der Waals surface area contributed by atoms with Crippen molar-refractivity contribution in [3.8, 4) is 38.8 Å². The fourth-order valence-electron chi connectivity index (χ4n) is 6.29. The first-order valence-electron chi connectivity index (χ1n) is 13.3. The van der Waals surface area contributed by atoms with Gasteiger partial charge in [-0.3, -0.25) is 4.79 Å². The van der Waals surface area contributed by atoms with Crippen molar-refractivity contribution < 1.29 is 27.8 Å². The number of aliphatic hydroxyl groups excluding tert-OH is 1. The number of aliphatic hydroxyl groups is 1. The highest BCUT2D eigenvalue weighted by atomic mass is 32.1. The Balaban J connectivity index is 1.55. The predicted octanol–water partition coefficient (Wildman–Crippen LogP) is 5.12. The maximum absolute atomic E-state index is 14.2. The molecule has 4 aromatic rings. The highest BCUT2D eigenvalue weighted by molar-refractivity contribution is 7.13. The largest absolute Gasteiger partial charge is 0.496 e. The van der Waals surface area contributed by atoms with Crippen molar-refractivity contribution in [1.82, 2.24) is 29.7 Å². The Labute approximate surface area is 238 Å². The molecule has 9 nitrogen and oxygen atoms in total. The van der Waals surface area contributed by atoms with Gasteiger partial charge >= 0.3 is 6.18 Å². The summed E-state index contributed by atoms with van der Waals surface area (Å²) in [5, 5.41) is 24.7. The lowest BCUT2D eigenvalue weighted by atomic mass is 9.90. The van der Waals surface area contributed by atoms with E-state index >= 15 is 0 Å². The minimum absolute atomic E-state index is 0.0530. The number of carbonyl (C=O) groups excluding carboxylic acids is 1. The number of methoxy groups -OCH3 is 1. The first-order valence-corrected chi connectivity index (χ1v) is 14.1. The Morgan fingerprint density at radius 3 is 2.66 bits per heavy atom. The van der Waals surface area contributed by atoms with E-state index in [0.717, 1.165) is 27.3 Å². The average molecular weight is 587 g/mol. The molecule has 2 aliphatic heterocycles. The number of benzene rings is 1. The van der Waals surface area contributed by atoms with Gasteiger partial charge in [0.2, 0.25) is 5.82 Å². The van der Waals surface area contributed by atoms with Crippen molar-refractivity contribution in [2.24, 2.45) is 7.05 Å². The van der Waals surface area contributed by atoms with Gasteiger partial charge in [-0.2, -0.15) is 18.0 Å². The van der Waals surface area contributed by atoms with Crippen molar-refractivity contribution in [3.05, 3.63) is 47.0 Å². The van der Waals surface area contributed by atoms with E-state index in [4.69, 9.17) is 4.74 Å². The van der Waals surface area contributed by atoms with E-state index < -0.39 is 23.7 Å². The van der Waals surface area contributed by atoms with Gasteiger partial charge in [-0.25, -0.2) is 0 Å². The van der Waals surface area contributed by atoms with Crippen LogP contribution in [0.2, 0.25) is 0 Å². The van der Waals surface area contributed by atoms with Gasteiger partial charge in [-0.15, -0.1) is 21.5 Å². The van der Waals surface area contributed by atoms with Gasteiger partial charge in [-0.05, 0) is 73.5 Å². The minimum Gasteiger partial charge on any atom is -0.496 e. The molecular weight excluding hydrogens is 557 g/mol. The van der Waals surface area contributed by atoms with Crippen LogP contribution in [0.25, 0.3) is 33.1 Å². The molecule has 0 saturated carbocycles. The number of fused-ring (bicyclic) bond motifs is 3. The molecule has 3 aromatic heterocycles. The molecule has 1 amide bonds. The maximum atomic E-state index is 14.2. The third kappa shape index (κ3) is 4.33. The second kappa shape index (κ2) is 9.69. The Hall–Kier alpha value is -3.71. The van der Waals surface area contributed by atoms with Gasteiger partial charge in [0, 0.05) is 28.6 Å². The van der Waals surface area contributed by atoms with Crippen LogP contribution in [0.1, 0.15) is 48.8 Å². The summed E-state index contributed by atoms with van der Waals surface area (Å²) in [6.07, 6.45) is -6.52. The smallest absolute Gasteiger partial charge is 0.416 e. The molecule has 13 heteroatoms. The molecular formula is C28H29F3N6O3S. The highest BCUT2D eigenvalue weighted by Gasteiger charge is 2.56. The van der Waals surface area contributed by atoms with Crippen molar-refractivity contribution in [2.75, 3.05) is 13.7 Å². The van der Waals surface area contributed by atoms with Crippen molar-refractivity contribution in [3.63, 3.8) is 0 Å². The first-order chi connectivity index (χ1) is 19.4. The number of hydrogen-bond acceptors (Lipinski definition) is 7. The summed E-state index contributed by atoms with van der Waals surface area (Å²) in [5.74, 6) is 0.440. The number of alkyl halides is 3. The molecule has 1 aromatic carbocycles. The van der Waals surface area contributed by atoms with E-state index in [0.29, 0.717) is 35.7 Å². The lowest BCUT2D eigenvalue weighted by Crippen LogP contribution is -2.58. The van der Waals surface area contributed by atoms with Crippen molar-refractivity contribution >= 4 is 17.2 Å². The maximum Gasteiger partial charge on any atom is 0.416 e. The fraction of sp³-hybridized carbons (Fsp3) is 0.429. The van der Waals surface area contributed by atoms with Crippen LogP contribution in [0.15, 0.2) is 35.7 Å². The van der Waals surface area contributed by atoms with E-state index in [2.05, 4.69) is 15.4 Å². The summed E-state index contributed by atoms with van der Waals surface area (Å²) in [5.41, 5.74) is 2.60. The number of thiophene rings is 1. The van der Waals surface area contributed by atoms with Crippen molar-refractivity contribution in [1.29, 1.82) is 0 Å². The number of tetrazole rings is 1. The quantitative estimate of drug-likeness (QED) is 0.349. The summed E-state index contributed by atoms with van der Waals surface area (Å²) in [6.45, 7) is 3.43. The zero-order valence-corrected chi connectivity index (χ0v) is 23.8. The van der Waals surface area contributed by atoms with Crippen LogP contribution in [-0.2, 0) is 13.5 Å². The number of likely N-dealkylation sites (tertiary alicyclic amines) is 1. The number of aryl methyl sites for hydroxylation is 1. The molecule has 41 heavy (non-hydrogen) atoms. The second-order valence-electron chi connectivity index (χ2n) is 10.9. The van der Waals surface area contributed by atoms with Crippen LogP contribution in [0.5, 0.6) is 5.75 Å². The molecule has 0 bridgehead atoms. The molecule has 1 saturated heterocycles. The number of aromatic nitrogens is 5. The summed E-state index contributed by atoms with van der Waals surface area (Å²) in [6, 6.07) is 9.34. The van der Waals surface area contributed by atoms with E-state index in [1.54, 1.807) is 20.2 Å². The van der Waals surface area contributed by atoms with Gasteiger partial charge in [0.1, 0.15) is 11.4 Å². The van der Waals surface area contributed by atoms with E-state index in [1.165, 1.54) is 28.0 Å². The lowest BCUT2D eigenvalue weighted by Gasteiger charge is -2.40. The Morgan fingerprint density at radius 2 is 2.02 bits per heavy atom. The lowest BCUT2D eigenvalue weighted by molar-refractivity contribution is -0.232. The summed E-state index contributed by atoms with van der Waals surface area (Å²) >= 11 is 1.51. The van der Waals surface area contributed by atoms with Gasteiger partial charge < -0.3 is 19.3 Å². The zero-order valence-electron chi connectivity index (χ0n) is 22.9. The summed E-state index contributed by atoms with van der Waals surface area (Å²) in [7, 11) is 3.25. The monoisotopic (exact) mass is 586 g/mol. The topological polar surface area (TPSA) is 98.3 Å². The summed E-state index contributed by atoms with van der Waals surface area (Å²) < 4.78 is 48.7. The van der Waals surface area contributed by atoms with Crippen LogP contribution in [0.3, 0.4) is 0 Å². The SMILES string of the molecule is COc1cc2c(cc1-c1nnn(C)n1)-c1c(-c3cccs3)cc(C(=O)N3CCC[C@]3(C)[C@H](O)C(F)(F)F)n1[C@H](C)C2. The minimum atomic E-state index is -4.85. The molecule has 0 aliphatic carbocycles. The molecule has 1 fully saturated rings. The van der Waals surface area contributed by atoms with Gasteiger partial charge in [0.05, 0.1) is 31.0 Å². The predicted molar refractivity (Wildman–Crippen MR) is 147 cm³/mol. The summed E-state index contributed by atoms with van der Waals surface area (Å²) in [4.78, 5) is 17.7. The van der Waals surface area contributed by atoms with E-state index in [-0.39, 0.29) is 19.0 Å². The van der Waals surface area contributed by atoms with Gasteiger partial charge in [0.25, 0.3) is 5.91 Å². The number of amides is 1. The zero-order chi connectivity index (χ0) is 29.3. The number of carbonyl (C=O) groups is 1. The van der Waals surface area contributed by atoms with Crippen LogP contribution in [-0.4, -0.2) is 72.2 Å². The van der Waals surface area contributed by atoms with E-state index in [1.807, 2.05) is 41.1 Å². The molecule has 0 radical (unpaired) electrons. The van der Waals surface area contributed by atoms with Crippen LogP contribution >= 0.6 is 11.3 Å². The third-order valence-corrected chi connectivity index (χ3v) is 9.16. The van der Waals surface area contributed by atoms with E-state index in [9.17, 15) is 23.1 Å². The molecule has 6 rings (SSSR count). The highest BCUT2D eigenvalue weighted by Crippen LogP contribution is 2.48. The van der Waals surface area contributed by atoms with Crippen LogP contribution in [0, 0.1) is 0 Å². The number of halogens is 3. The van der Waals surface area contributed by atoms with Crippen LogP contribution in [0.4, 0.5) is 13.2 Å². The van der Waals surface area contributed by atoms with Gasteiger partial charge in [0.15, 0.2) is 6.10 Å². The fourth-order valence-corrected chi connectivity index (χ4v) is 7.04. The number of rotatable bonds is 5. The average Bonchev–Trinajstić information content (AvgIpc) is 3.73. The Kier molecular flexibility index (Phi) is 6.49. The molecule has 3 atom stereocenters. The second-order valence-corrected chi connectivity index (χ2v) is 11.8. The molecule has 216 valence electrons. The van der Waals surface area contributed by atoms with Gasteiger partial charge in [-0.1, -0.05) is 6.07 Å². The number of nitrogens with zero attached hydrogens (tertiary/aromatic N) is 6.